The van der Waals surface area contributed by atoms with Crippen molar-refractivity contribution in [2.75, 3.05) is 18.0 Å². The number of carboxylic acid groups (broad SMARTS) is 1. The minimum absolute atomic E-state index is 0.0415. The lowest BCUT2D eigenvalue weighted by Crippen LogP contribution is -2.25. The summed E-state index contributed by atoms with van der Waals surface area (Å²) in [7, 11) is 0. The number of hydrogen-bond donors (Lipinski definition) is 1. The van der Waals surface area contributed by atoms with Gasteiger partial charge in [-0.3, -0.25) is 14.9 Å². The third kappa shape index (κ3) is 6.11. The van der Waals surface area contributed by atoms with Gasteiger partial charge in [0.05, 0.1) is 23.1 Å². The molecule has 2 aromatic rings. The number of nitriles is 2. The quantitative estimate of drug-likeness (QED) is 0.346. The highest BCUT2D eigenvalue weighted by molar-refractivity contribution is 5.66. The van der Waals surface area contributed by atoms with E-state index in [0.717, 1.165) is 5.69 Å². The van der Waals surface area contributed by atoms with Gasteiger partial charge in [0.2, 0.25) is 0 Å². The number of nitrogens with zero attached hydrogens (tertiary/aromatic N) is 6. The Morgan fingerprint density at radius 1 is 1.13 bits per heavy atom. The average molecular weight is 406 g/mol. The number of nitro benzene ring substituents is 1. The molecule has 0 amide bonds. The molecule has 0 saturated heterocycles. The molecule has 10 nitrogen and oxygen atoms in total. The molecule has 0 atom stereocenters. The van der Waals surface area contributed by atoms with E-state index in [0.29, 0.717) is 31.6 Å². The zero-order valence-electron chi connectivity index (χ0n) is 15.9. The standard InChI is InChI=1S/C20H18N6O4/c21-11-3-13-25(12-2-6-20(27)28)16-9-7-15(8-10-16)23-24-18-4-1-5-19(26(29)30)17(18)14-22/h1,4-5,7-10H,2-3,6,12-13H2,(H,27,28). The molecule has 0 aliphatic carbocycles. The number of hydrogen-bond acceptors (Lipinski definition) is 8. The molecule has 0 aromatic heterocycles. The molecule has 0 aliphatic heterocycles. The molecule has 2 aromatic carbocycles. The van der Waals surface area contributed by atoms with Crippen LogP contribution in [0.5, 0.6) is 0 Å². The molecule has 0 saturated carbocycles. The fourth-order valence-corrected chi connectivity index (χ4v) is 2.70. The van der Waals surface area contributed by atoms with Crippen LogP contribution in [-0.4, -0.2) is 29.1 Å². The van der Waals surface area contributed by atoms with Gasteiger partial charge in [-0.1, -0.05) is 6.07 Å². The van der Waals surface area contributed by atoms with Gasteiger partial charge >= 0.3 is 5.97 Å². The Hall–Kier alpha value is -4.31. The van der Waals surface area contributed by atoms with Crippen LogP contribution in [0.15, 0.2) is 52.7 Å². The van der Waals surface area contributed by atoms with Crippen molar-refractivity contribution in [3.8, 4) is 12.1 Å². The number of anilines is 1. The Bertz CT molecular complexity index is 1020. The summed E-state index contributed by atoms with van der Waals surface area (Å²) in [6.07, 6.45) is 0.796. The van der Waals surface area contributed by atoms with E-state index < -0.39 is 10.9 Å². The second-order valence-corrected chi connectivity index (χ2v) is 6.15. The third-order valence-corrected chi connectivity index (χ3v) is 4.13. The van der Waals surface area contributed by atoms with E-state index in [1.807, 2.05) is 4.90 Å². The molecule has 0 bridgehead atoms. The molecular weight excluding hydrogens is 388 g/mol. The van der Waals surface area contributed by atoms with Crippen LogP contribution in [0.1, 0.15) is 24.8 Å². The van der Waals surface area contributed by atoms with E-state index in [2.05, 4.69) is 16.3 Å². The molecule has 10 heteroatoms. The van der Waals surface area contributed by atoms with Crippen LogP contribution in [0.2, 0.25) is 0 Å². The highest BCUT2D eigenvalue weighted by atomic mass is 16.6. The summed E-state index contributed by atoms with van der Waals surface area (Å²) < 4.78 is 0. The molecular formula is C20H18N6O4. The summed E-state index contributed by atoms with van der Waals surface area (Å²) in [5.74, 6) is -0.871. The largest absolute Gasteiger partial charge is 0.481 e. The van der Waals surface area contributed by atoms with Crippen molar-refractivity contribution >= 4 is 28.7 Å². The summed E-state index contributed by atoms with van der Waals surface area (Å²) in [6.45, 7) is 0.963. The second kappa shape index (κ2) is 10.9. The lowest BCUT2D eigenvalue weighted by Gasteiger charge is -2.23. The summed E-state index contributed by atoms with van der Waals surface area (Å²) in [5.41, 5.74) is 0.880. The highest BCUT2D eigenvalue weighted by Crippen LogP contribution is 2.29. The first kappa shape index (κ1) is 22.0. The number of rotatable bonds is 10. The molecule has 0 spiro atoms. The molecule has 2 rings (SSSR count). The number of carboxylic acids is 1. The van der Waals surface area contributed by atoms with Gasteiger partial charge in [0.15, 0.2) is 5.56 Å². The van der Waals surface area contributed by atoms with Crippen LogP contribution in [0, 0.1) is 32.8 Å². The monoisotopic (exact) mass is 406 g/mol. The van der Waals surface area contributed by atoms with Gasteiger partial charge in [0, 0.05) is 31.3 Å². The van der Waals surface area contributed by atoms with Crippen LogP contribution in [0.3, 0.4) is 0 Å². The van der Waals surface area contributed by atoms with Gasteiger partial charge < -0.3 is 10.0 Å². The van der Waals surface area contributed by atoms with Crippen LogP contribution in [-0.2, 0) is 4.79 Å². The highest BCUT2D eigenvalue weighted by Gasteiger charge is 2.17. The Morgan fingerprint density at radius 3 is 2.47 bits per heavy atom. The molecule has 0 aliphatic rings. The average Bonchev–Trinajstić information content (AvgIpc) is 2.74. The van der Waals surface area contributed by atoms with Crippen molar-refractivity contribution in [1.29, 1.82) is 10.5 Å². The minimum atomic E-state index is -0.871. The van der Waals surface area contributed by atoms with Crippen molar-refractivity contribution < 1.29 is 14.8 Å². The lowest BCUT2D eigenvalue weighted by atomic mass is 10.1. The predicted octanol–water partition coefficient (Wildman–Crippen LogP) is 4.47. The summed E-state index contributed by atoms with van der Waals surface area (Å²) in [5, 5.41) is 45.8. The van der Waals surface area contributed by atoms with Gasteiger partial charge in [-0.2, -0.15) is 15.6 Å². The first-order chi connectivity index (χ1) is 14.5. The number of benzene rings is 2. The smallest absolute Gasteiger partial charge is 0.303 e. The lowest BCUT2D eigenvalue weighted by molar-refractivity contribution is -0.385. The number of carbonyl (C=O) groups is 1. The molecule has 1 N–H and O–H groups in total. The maximum atomic E-state index is 11.0. The molecule has 30 heavy (non-hydrogen) atoms. The van der Waals surface area contributed by atoms with Gasteiger partial charge in [-0.05, 0) is 36.8 Å². The summed E-state index contributed by atoms with van der Waals surface area (Å²) in [6, 6.07) is 14.9. The Labute approximate surface area is 172 Å². The third-order valence-electron chi connectivity index (χ3n) is 4.13. The number of aliphatic carboxylic acids is 1. The molecule has 0 unspecified atom stereocenters. The van der Waals surface area contributed by atoms with E-state index >= 15 is 0 Å². The van der Waals surface area contributed by atoms with E-state index in [-0.39, 0.29) is 23.4 Å². The maximum Gasteiger partial charge on any atom is 0.303 e. The van der Waals surface area contributed by atoms with Gasteiger partial charge in [-0.25, -0.2) is 0 Å². The van der Waals surface area contributed by atoms with E-state index in [1.54, 1.807) is 30.3 Å². The zero-order chi connectivity index (χ0) is 21.9. The first-order valence-electron chi connectivity index (χ1n) is 8.99. The van der Waals surface area contributed by atoms with Crippen molar-refractivity contribution in [2.24, 2.45) is 10.2 Å². The Kier molecular flexibility index (Phi) is 7.97. The molecule has 152 valence electrons. The Balaban J connectivity index is 2.17. The predicted molar refractivity (Wildman–Crippen MR) is 108 cm³/mol. The van der Waals surface area contributed by atoms with E-state index in [4.69, 9.17) is 10.4 Å². The topological polar surface area (TPSA) is 156 Å². The van der Waals surface area contributed by atoms with Crippen LogP contribution < -0.4 is 4.90 Å². The number of azo groups is 1. The summed E-state index contributed by atoms with van der Waals surface area (Å²) >= 11 is 0. The first-order valence-corrected chi connectivity index (χ1v) is 8.99. The maximum absolute atomic E-state index is 11.0. The van der Waals surface area contributed by atoms with Gasteiger partial charge in [0.1, 0.15) is 11.8 Å². The molecule has 0 fully saturated rings. The van der Waals surface area contributed by atoms with Crippen molar-refractivity contribution in [2.45, 2.75) is 19.3 Å². The van der Waals surface area contributed by atoms with E-state index in [9.17, 15) is 20.2 Å². The minimum Gasteiger partial charge on any atom is -0.481 e. The van der Waals surface area contributed by atoms with Crippen LogP contribution >= 0.6 is 0 Å². The zero-order valence-corrected chi connectivity index (χ0v) is 15.9. The fourth-order valence-electron chi connectivity index (χ4n) is 2.70. The van der Waals surface area contributed by atoms with Crippen molar-refractivity contribution in [3.63, 3.8) is 0 Å². The SMILES string of the molecule is N#CCCN(CCCC(=O)O)c1ccc(N=Nc2cccc([N+](=O)[O-])c2C#N)cc1. The Morgan fingerprint density at radius 2 is 1.87 bits per heavy atom. The van der Waals surface area contributed by atoms with Crippen molar-refractivity contribution in [3.05, 3.63) is 58.1 Å². The van der Waals surface area contributed by atoms with Gasteiger partial charge in [0.25, 0.3) is 5.69 Å². The van der Waals surface area contributed by atoms with Crippen LogP contribution in [0.25, 0.3) is 0 Å². The summed E-state index contributed by atoms with van der Waals surface area (Å²) in [4.78, 5) is 23.0. The van der Waals surface area contributed by atoms with Gasteiger partial charge in [-0.15, -0.1) is 5.11 Å². The van der Waals surface area contributed by atoms with E-state index in [1.165, 1.54) is 18.2 Å². The number of nitro groups is 1. The fraction of sp³-hybridized carbons (Fsp3) is 0.250. The van der Waals surface area contributed by atoms with Crippen LogP contribution in [0.4, 0.5) is 22.7 Å². The van der Waals surface area contributed by atoms with Crippen molar-refractivity contribution in [1.82, 2.24) is 0 Å². The molecule has 0 heterocycles. The second-order valence-electron chi connectivity index (χ2n) is 6.15. The molecule has 0 radical (unpaired) electrons. The normalized spacial score (nSPS) is 10.3.